The van der Waals surface area contributed by atoms with Crippen LogP contribution in [0.4, 0.5) is 0 Å². The lowest BCUT2D eigenvalue weighted by Crippen LogP contribution is -2.28. The van der Waals surface area contributed by atoms with E-state index in [0.717, 1.165) is 12.3 Å². The fourth-order valence-electron chi connectivity index (χ4n) is 3.28. The van der Waals surface area contributed by atoms with Crippen molar-refractivity contribution in [2.75, 3.05) is 13.7 Å². The molecule has 2 nitrogen and oxygen atoms in total. The highest BCUT2D eigenvalue weighted by Crippen LogP contribution is 2.41. The van der Waals surface area contributed by atoms with Gasteiger partial charge in [0.1, 0.15) is 5.75 Å². The second-order valence-corrected chi connectivity index (χ2v) is 6.50. The van der Waals surface area contributed by atoms with Crippen LogP contribution in [0.2, 0.25) is 0 Å². The van der Waals surface area contributed by atoms with Gasteiger partial charge in [-0.3, -0.25) is 0 Å². The summed E-state index contributed by atoms with van der Waals surface area (Å²) < 4.78 is 5.84. The van der Waals surface area contributed by atoms with Gasteiger partial charge in [0.15, 0.2) is 0 Å². The third kappa shape index (κ3) is 3.01. The zero-order chi connectivity index (χ0) is 14.7. The van der Waals surface area contributed by atoms with E-state index in [1.165, 1.54) is 36.0 Å². The Morgan fingerprint density at radius 3 is 2.20 bits per heavy atom. The van der Waals surface area contributed by atoms with E-state index in [4.69, 9.17) is 4.74 Å². The maximum absolute atomic E-state index is 5.84. The molecule has 1 N–H and O–H groups in total. The number of hydrogen-bond acceptors (Lipinski definition) is 2. The van der Waals surface area contributed by atoms with Crippen LogP contribution in [0.1, 0.15) is 81.5 Å². The standard InChI is InChI=1S/C18H29NO/c1-12(2)14-9-10-15(13(3)4)18(20-5)17(14)16-8-6-7-11-19-16/h9-10,12-13,16,19H,6-8,11H2,1-5H3. The van der Waals surface area contributed by atoms with Crippen molar-refractivity contribution in [3.8, 4) is 5.75 Å². The van der Waals surface area contributed by atoms with Crippen LogP contribution in [0.25, 0.3) is 0 Å². The summed E-state index contributed by atoms with van der Waals surface area (Å²) in [7, 11) is 1.82. The summed E-state index contributed by atoms with van der Waals surface area (Å²) in [5, 5.41) is 3.69. The number of ether oxygens (including phenoxy) is 1. The summed E-state index contributed by atoms with van der Waals surface area (Å²) >= 11 is 0. The predicted molar refractivity (Wildman–Crippen MR) is 85.8 cm³/mol. The molecule has 1 aromatic carbocycles. The Morgan fingerprint density at radius 2 is 1.70 bits per heavy atom. The molecular formula is C18H29NO. The van der Waals surface area contributed by atoms with Crippen LogP contribution >= 0.6 is 0 Å². The van der Waals surface area contributed by atoms with E-state index >= 15 is 0 Å². The Kier molecular flexibility index (Phi) is 5.09. The molecule has 0 saturated carbocycles. The first kappa shape index (κ1) is 15.4. The van der Waals surface area contributed by atoms with Crippen molar-refractivity contribution >= 4 is 0 Å². The number of nitrogens with one attached hydrogen (secondary N) is 1. The van der Waals surface area contributed by atoms with E-state index in [1.54, 1.807) is 0 Å². The van der Waals surface area contributed by atoms with Gasteiger partial charge < -0.3 is 10.1 Å². The van der Waals surface area contributed by atoms with Gasteiger partial charge in [0.2, 0.25) is 0 Å². The van der Waals surface area contributed by atoms with Gasteiger partial charge in [-0.25, -0.2) is 0 Å². The predicted octanol–water partition coefficient (Wildman–Crippen LogP) is 4.76. The van der Waals surface area contributed by atoms with Crippen LogP contribution in [-0.2, 0) is 0 Å². The lowest BCUT2D eigenvalue weighted by molar-refractivity contribution is 0.366. The molecule has 0 spiro atoms. The van der Waals surface area contributed by atoms with E-state index in [1.807, 2.05) is 7.11 Å². The van der Waals surface area contributed by atoms with Gasteiger partial charge in [-0.15, -0.1) is 0 Å². The summed E-state index contributed by atoms with van der Waals surface area (Å²) in [4.78, 5) is 0. The van der Waals surface area contributed by atoms with Gasteiger partial charge in [0.05, 0.1) is 7.11 Å². The second kappa shape index (κ2) is 6.62. The van der Waals surface area contributed by atoms with Crippen LogP contribution in [0, 0.1) is 0 Å². The highest BCUT2D eigenvalue weighted by molar-refractivity contribution is 5.50. The van der Waals surface area contributed by atoms with Gasteiger partial charge in [0, 0.05) is 11.6 Å². The molecule has 1 saturated heterocycles. The fraction of sp³-hybridized carbons (Fsp3) is 0.667. The molecule has 20 heavy (non-hydrogen) atoms. The van der Waals surface area contributed by atoms with Crippen molar-refractivity contribution in [2.45, 2.75) is 64.8 Å². The Balaban J connectivity index is 2.55. The average Bonchev–Trinajstić information content (AvgIpc) is 2.46. The first-order chi connectivity index (χ1) is 9.56. The zero-order valence-corrected chi connectivity index (χ0v) is 13.6. The van der Waals surface area contributed by atoms with Crippen LogP contribution in [0.3, 0.4) is 0 Å². The topological polar surface area (TPSA) is 21.3 Å². The summed E-state index contributed by atoms with van der Waals surface area (Å²) in [6.45, 7) is 10.2. The van der Waals surface area contributed by atoms with Crippen molar-refractivity contribution in [1.29, 1.82) is 0 Å². The molecule has 0 radical (unpaired) electrons. The number of benzene rings is 1. The van der Waals surface area contributed by atoms with Gasteiger partial charge >= 0.3 is 0 Å². The van der Waals surface area contributed by atoms with Gasteiger partial charge in [-0.2, -0.15) is 0 Å². The zero-order valence-electron chi connectivity index (χ0n) is 13.6. The Labute approximate surface area is 123 Å². The molecule has 1 aliphatic heterocycles. The van der Waals surface area contributed by atoms with Crippen LogP contribution in [0.5, 0.6) is 5.75 Å². The Bertz CT molecular complexity index is 445. The van der Waals surface area contributed by atoms with Crippen molar-refractivity contribution in [1.82, 2.24) is 5.32 Å². The van der Waals surface area contributed by atoms with Crippen LogP contribution in [0.15, 0.2) is 12.1 Å². The average molecular weight is 275 g/mol. The Hall–Kier alpha value is -1.02. The first-order valence-corrected chi connectivity index (χ1v) is 8.00. The fourth-order valence-corrected chi connectivity index (χ4v) is 3.28. The van der Waals surface area contributed by atoms with Crippen molar-refractivity contribution in [3.05, 3.63) is 28.8 Å². The normalized spacial score (nSPS) is 19.6. The van der Waals surface area contributed by atoms with Crippen molar-refractivity contribution in [2.24, 2.45) is 0 Å². The summed E-state index contributed by atoms with van der Waals surface area (Å²) in [6.07, 6.45) is 3.82. The number of piperidine rings is 1. The minimum Gasteiger partial charge on any atom is -0.496 e. The number of rotatable bonds is 4. The molecular weight excluding hydrogens is 246 g/mol. The smallest absolute Gasteiger partial charge is 0.127 e. The highest BCUT2D eigenvalue weighted by atomic mass is 16.5. The first-order valence-electron chi connectivity index (χ1n) is 8.00. The quantitative estimate of drug-likeness (QED) is 0.855. The molecule has 0 bridgehead atoms. The molecule has 1 unspecified atom stereocenters. The summed E-state index contributed by atoms with van der Waals surface area (Å²) in [5.74, 6) is 2.14. The molecule has 2 heteroatoms. The largest absolute Gasteiger partial charge is 0.496 e. The highest BCUT2D eigenvalue weighted by Gasteiger charge is 2.25. The van der Waals surface area contributed by atoms with E-state index in [2.05, 4.69) is 45.1 Å². The van der Waals surface area contributed by atoms with E-state index in [0.29, 0.717) is 17.9 Å². The Morgan fingerprint density at radius 1 is 1.05 bits per heavy atom. The van der Waals surface area contributed by atoms with Gasteiger partial charge in [0.25, 0.3) is 0 Å². The van der Waals surface area contributed by atoms with E-state index < -0.39 is 0 Å². The second-order valence-electron chi connectivity index (χ2n) is 6.50. The van der Waals surface area contributed by atoms with Gasteiger partial charge in [-0.1, -0.05) is 46.2 Å². The SMILES string of the molecule is COc1c(C(C)C)ccc(C(C)C)c1C1CCCCN1. The van der Waals surface area contributed by atoms with Crippen molar-refractivity contribution < 1.29 is 4.74 Å². The molecule has 2 rings (SSSR count). The molecule has 1 atom stereocenters. The molecule has 1 fully saturated rings. The molecule has 1 aromatic rings. The van der Waals surface area contributed by atoms with E-state index in [-0.39, 0.29) is 0 Å². The monoisotopic (exact) mass is 275 g/mol. The van der Waals surface area contributed by atoms with Crippen LogP contribution in [-0.4, -0.2) is 13.7 Å². The summed E-state index contributed by atoms with van der Waals surface area (Å²) in [6, 6.07) is 5.02. The minimum atomic E-state index is 0.454. The maximum Gasteiger partial charge on any atom is 0.127 e. The summed E-state index contributed by atoms with van der Waals surface area (Å²) in [5.41, 5.74) is 4.18. The van der Waals surface area contributed by atoms with Crippen molar-refractivity contribution in [3.63, 3.8) is 0 Å². The minimum absolute atomic E-state index is 0.454. The molecule has 1 aliphatic rings. The van der Waals surface area contributed by atoms with Gasteiger partial charge in [-0.05, 0) is 42.3 Å². The maximum atomic E-state index is 5.84. The third-order valence-corrected chi connectivity index (χ3v) is 4.37. The molecule has 0 aromatic heterocycles. The van der Waals surface area contributed by atoms with E-state index in [9.17, 15) is 0 Å². The molecule has 112 valence electrons. The molecule has 1 heterocycles. The number of methoxy groups -OCH3 is 1. The number of hydrogen-bond donors (Lipinski definition) is 1. The molecule has 0 aliphatic carbocycles. The van der Waals surface area contributed by atoms with Crippen LogP contribution < -0.4 is 10.1 Å². The third-order valence-electron chi connectivity index (χ3n) is 4.37. The lowest BCUT2D eigenvalue weighted by atomic mass is 9.85. The lowest BCUT2D eigenvalue weighted by Gasteiger charge is -2.30. The molecule has 0 amide bonds.